The van der Waals surface area contributed by atoms with Crippen LogP contribution < -0.4 is 10.5 Å². The summed E-state index contributed by atoms with van der Waals surface area (Å²) < 4.78 is 12.0. The van der Waals surface area contributed by atoms with Crippen LogP contribution in [0.1, 0.15) is 13.0 Å². The lowest BCUT2D eigenvalue weighted by Gasteiger charge is -2.13. The molecule has 0 aliphatic heterocycles. The molecule has 2 aromatic rings. The van der Waals surface area contributed by atoms with Crippen LogP contribution in [-0.4, -0.2) is 41.0 Å². The highest BCUT2D eigenvalue weighted by molar-refractivity contribution is 5.73. The summed E-state index contributed by atoms with van der Waals surface area (Å²) in [5.41, 5.74) is 7.32. The number of tetrazole rings is 1. The maximum atomic E-state index is 5.98. The van der Waals surface area contributed by atoms with E-state index in [2.05, 4.69) is 15.5 Å². The second kappa shape index (κ2) is 5.66. The summed E-state index contributed by atoms with van der Waals surface area (Å²) in [4.78, 5) is 0. The van der Waals surface area contributed by atoms with Crippen LogP contribution in [0.5, 0.6) is 5.75 Å². The Morgan fingerprint density at radius 2 is 2.16 bits per heavy atom. The van der Waals surface area contributed by atoms with E-state index >= 15 is 0 Å². The molecule has 0 fully saturated rings. The predicted octanol–water partition coefficient (Wildman–Crippen LogP) is 1.14. The maximum Gasteiger partial charge on any atom is 0.184 e. The first kappa shape index (κ1) is 13.3. The fourth-order valence-electron chi connectivity index (χ4n) is 1.84. The molecule has 1 unspecified atom stereocenters. The zero-order valence-electron chi connectivity index (χ0n) is 11.2. The molecule has 0 aliphatic carbocycles. The Balaban J connectivity index is 2.44. The van der Waals surface area contributed by atoms with Crippen molar-refractivity contribution in [2.45, 2.75) is 13.0 Å². The number of benzene rings is 1. The van der Waals surface area contributed by atoms with E-state index in [1.54, 1.807) is 31.0 Å². The Kier molecular flexibility index (Phi) is 3.96. The Hall–Kier alpha value is -2.15. The molecular weight excluding hydrogens is 246 g/mol. The molecule has 0 aliphatic rings. The summed E-state index contributed by atoms with van der Waals surface area (Å²) in [5.74, 6) is 1.30. The van der Waals surface area contributed by atoms with Crippen molar-refractivity contribution in [1.82, 2.24) is 20.2 Å². The van der Waals surface area contributed by atoms with Crippen molar-refractivity contribution in [1.29, 1.82) is 0 Å². The topological polar surface area (TPSA) is 88.1 Å². The third-order valence-corrected chi connectivity index (χ3v) is 2.82. The van der Waals surface area contributed by atoms with E-state index in [4.69, 9.17) is 15.2 Å². The second-order valence-corrected chi connectivity index (χ2v) is 4.20. The first-order valence-corrected chi connectivity index (χ1v) is 5.88. The molecule has 7 heteroatoms. The molecule has 1 aromatic carbocycles. The molecular formula is C12H17N5O2. The molecule has 0 radical (unpaired) electrons. The Morgan fingerprint density at radius 3 is 2.84 bits per heavy atom. The van der Waals surface area contributed by atoms with Gasteiger partial charge in [0.1, 0.15) is 5.75 Å². The minimum atomic E-state index is 0.0144. The predicted molar refractivity (Wildman–Crippen MR) is 70.8 cm³/mol. The van der Waals surface area contributed by atoms with Crippen LogP contribution in [0.3, 0.4) is 0 Å². The van der Waals surface area contributed by atoms with Crippen molar-refractivity contribution in [2.24, 2.45) is 0 Å². The van der Waals surface area contributed by atoms with Gasteiger partial charge in [-0.25, -0.2) is 4.68 Å². The van der Waals surface area contributed by atoms with Gasteiger partial charge in [0, 0.05) is 18.4 Å². The van der Waals surface area contributed by atoms with Crippen LogP contribution in [0.25, 0.3) is 11.4 Å². The maximum absolute atomic E-state index is 5.98. The first-order chi connectivity index (χ1) is 9.17. The van der Waals surface area contributed by atoms with Gasteiger partial charge in [0.2, 0.25) is 0 Å². The monoisotopic (exact) mass is 263 g/mol. The molecule has 2 N–H and O–H groups in total. The van der Waals surface area contributed by atoms with Crippen molar-refractivity contribution in [3.05, 3.63) is 18.2 Å². The Bertz CT molecular complexity index is 555. The Labute approximate surface area is 111 Å². The molecule has 0 amide bonds. The highest BCUT2D eigenvalue weighted by atomic mass is 16.5. The second-order valence-electron chi connectivity index (χ2n) is 4.20. The number of nitrogens with two attached hydrogens (primary N) is 1. The third-order valence-electron chi connectivity index (χ3n) is 2.82. The number of nitrogen functional groups attached to an aromatic ring is 1. The van der Waals surface area contributed by atoms with Crippen LogP contribution >= 0.6 is 0 Å². The molecule has 0 saturated heterocycles. The average Bonchev–Trinajstić information content (AvgIpc) is 2.89. The van der Waals surface area contributed by atoms with Crippen LogP contribution in [0.15, 0.2) is 18.2 Å². The van der Waals surface area contributed by atoms with Gasteiger partial charge in [-0.2, -0.15) is 0 Å². The molecule has 0 saturated carbocycles. The molecule has 1 heterocycles. The third kappa shape index (κ3) is 2.65. The number of anilines is 1. The van der Waals surface area contributed by atoms with Crippen molar-refractivity contribution in [3.63, 3.8) is 0 Å². The summed E-state index contributed by atoms with van der Waals surface area (Å²) in [6.45, 7) is 2.49. The summed E-state index contributed by atoms with van der Waals surface area (Å²) in [6, 6.07) is 5.40. The van der Waals surface area contributed by atoms with Gasteiger partial charge in [0.15, 0.2) is 5.82 Å². The molecule has 19 heavy (non-hydrogen) atoms. The van der Waals surface area contributed by atoms with Crippen LogP contribution in [-0.2, 0) is 4.74 Å². The average molecular weight is 263 g/mol. The normalized spacial score (nSPS) is 12.4. The number of ether oxygens (including phenoxy) is 2. The van der Waals surface area contributed by atoms with Gasteiger partial charge in [-0.15, -0.1) is 5.10 Å². The summed E-state index contributed by atoms with van der Waals surface area (Å²) in [6.07, 6.45) is 0. The fourth-order valence-corrected chi connectivity index (χ4v) is 1.84. The molecule has 102 valence electrons. The van der Waals surface area contributed by atoms with Crippen LogP contribution in [0.2, 0.25) is 0 Å². The van der Waals surface area contributed by atoms with Crippen molar-refractivity contribution in [2.75, 3.05) is 26.6 Å². The lowest BCUT2D eigenvalue weighted by molar-refractivity contribution is 0.156. The number of methoxy groups -OCH3 is 2. The number of hydrogen-bond acceptors (Lipinski definition) is 6. The van der Waals surface area contributed by atoms with Gasteiger partial charge in [-0.3, -0.25) is 0 Å². The van der Waals surface area contributed by atoms with E-state index in [0.717, 1.165) is 5.56 Å². The van der Waals surface area contributed by atoms with Crippen LogP contribution in [0.4, 0.5) is 5.69 Å². The minimum absolute atomic E-state index is 0.0144. The quantitative estimate of drug-likeness (QED) is 0.814. The van der Waals surface area contributed by atoms with E-state index in [1.165, 1.54) is 0 Å². The molecule has 1 atom stereocenters. The smallest absolute Gasteiger partial charge is 0.184 e. The van der Waals surface area contributed by atoms with Gasteiger partial charge in [-0.05, 0) is 35.5 Å². The van der Waals surface area contributed by atoms with Gasteiger partial charge in [0.25, 0.3) is 0 Å². The number of aromatic nitrogens is 4. The number of nitrogens with zero attached hydrogens (tertiary/aromatic N) is 4. The minimum Gasteiger partial charge on any atom is -0.497 e. The van der Waals surface area contributed by atoms with E-state index < -0.39 is 0 Å². The van der Waals surface area contributed by atoms with E-state index in [1.807, 2.05) is 13.0 Å². The van der Waals surface area contributed by atoms with Crippen LogP contribution in [0, 0.1) is 0 Å². The lowest BCUT2D eigenvalue weighted by atomic mass is 10.1. The van der Waals surface area contributed by atoms with E-state index in [0.29, 0.717) is 23.9 Å². The molecule has 7 nitrogen and oxygen atoms in total. The molecule has 1 aromatic heterocycles. The summed E-state index contributed by atoms with van der Waals surface area (Å²) in [5, 5.41) is 11.7. The van der Waals surface area contributed by atoms with Crippen molar-refractivity contribution < 1.29 is 9.47 Å². The zero-order valence-corrected chi connectivity index (χ0v) is 11.2. The molecule has 2 rings (SSSR count). The summed E-state index contributed by atoms with van der Waals surface area (Å²) in [7, 11) is 3.24. The van der Waals surface area contributed by atoms with E-state index in [9.17, 15) is 0 Å². The highest BCUT2D eigenvalue weighted by Crippen LogP contribution is 2.29. The highest BCUT2D eigenvalue weighted by Gasteiger charge is 2.17. The van der Waals surface area contributed by atoms with Crippen molar-refractivity contribution >= 4 is 5.69 Å². The molecule has 0 spiro atoms. The van der Waals surface area contributed by atoms with Gasteiger partial charge in [-0.1, -0.05) is 0 Å². The number of hydrogen-bond donors (Lipinski definition) is 1. The SMILES string of the molecule is COCC(C)n1nnnc1-c1cc(OC)ccc1N. The molecule has 0 bridgehead atoms. The fraction of sp³-hybridized carbons (Fsp3) is 0.417. The standard InChI is InChI=1S/C12H17N5O2/c1-8(7-18-2)17-12(14-15-16-17)10-6-9(19-3)4-5-11(10)13/h4-6,8H,7,13H2,1-3H3. The zero-order chi connectivity index (χ0) is 13.8. The lowest BCUT2D eigenvalue weighted by Crippen LogP contribution is -2.14. The van der Waals surface area contributed by atoms with Crippen molar-refractivity contribution in [3.8, 4) is 17.1 Å². The van der Waals surface area contributed by atoms with Gasteiger partial charge in [0.05, 0.1) is 19.8 Å². The van der Waals surface area contributed by atoms with Gasteiger partial charge >= 0.3 is 0 Å². The van der Waals surface area contributed by atoms with Gasteiger partial charge < -0.3 is 15.2 Å². The largest absolute Gasteiger partial charge is 0.497 e. The number of rotatable bonds is 5. The van der Waals surface area contributed by atoms with E-state index in [-0.39, 0.29) is 6.04 Å². The first-order valence-electron chi connectivity index (χ1n) is 5.88. The summed E-state index contributed by atoms with van der Waals surface area (Å²) >= 11 is 0. The Morgan fingerprint density at radius 1 is 1.37 bits per heavy atom.